The standard InChI is InChI=1S/2C29H26F2N6O4/c2*1-16(29(2,3)40)34-27-25-24(11-12-32-26(25)35-36-27)41-23-9-4-17(14-21(23)31)15-22(38)20-10-13-33-37(28(20)39)19-7-5-18(30)6-8-19/h2*4-14,16,40H,15H2,1-3H3,(H2,32,34,35,36). The van der Waals surface area contributed by atoms with Crippen molar-refractivity contribution in [1.82, 2.24) is 49.9 Å². The highest BCUT2D eigenvalue weighted by Gasteiger charge is 2.27. The highest BCUT2D eigenvalue weighted by Crippen LogP contribution is 2.37. The van der Waals surface area contributed by atoms with Crippen LogP contribution in [0.2, 0.25) is 0 Å². The van der Waals surface area contributed by atoms with E-state index < -0.39 is 57.2 Å². The Kier molecular flexibility index (Phi) is 16.2. The van der Waals surface area contributed by atoms with E-state index in [-0.39, 0.29) is 59.1 Å². The van der Waals surface area contributed by atoms with Gasteiger partial charge < -0.3 is 30.3 Å². The number of aromatic nitrogens is 10. The lowest BCUT2D eigenvalue weighted by Gasteiger charge is -2.26. The van der Waals surface area contributed by atoms with Crippen molar-refractivity contribution in [1.29, 1.82) is 0 Å². The second-order valence-corrected chi connectivity index (χ2v) is 20.1. The fourth-order valence-corrected chi connectivity index (χ4v) is 8.04. The molecule has 10 rings (SSSR count). The second kappa shape index (κ2) is 23.4. The van der Waals surface area contributed by atoms with Crippen LogP contribution >= 0.6 is 0 Å². The molecule has 0 fully saturated rings. The monoisotopic (exact) mass is 1120 g/mol. The number of rotatable bonds is 18. The van der Waals surface area contributed by atoms with Crippen LogP contribution in [0.4, 0.5) is 29.2 Å². The van der Waals surface area contributed by atoms with Gasteiger partial charge in [0.2, 0.25) is 0 Å². The third-order valence-corrected chi connectivity index (χ3v) is 13.3. The number of anilines is 2. The number of benzene rings is 4. The SMILES string of the molecule is CC(Nc1n[nH]c2nccc(Oc3ccc(CC(=O)c4ccnn(-c5ccc(F)cc5)c4=O)cc3F)c12)C(C)(C)O.CC(Nc1n[nH]c2nccc(Oc3ccc(CC(=O)c4ccnn(-c5ccc(F)cc5)c4=O)cc3F)c12)C(C)(C)O. The number of hydrogen-bond acceptors (Lipinski definition) is 16. The number of hydrogen-bond donors (Lipinski definition) is 6. The molecule has 10 aromatic rings. The van der Waals surface area contributed by atoms with Crippen molar-refractivity contribution in [2.45, 2.75) is 77.7 Å². The number of carbonyl (C=O) groups is 2. The molecular formula is C58H52F4N12O8. The summed E-state index contributed by atoms with van der Waals surface area (Å²) in [4.78, 5) is 60.2. The Labute approximate surface area is 463 Å². The summed E-state index contributed by atoms with van der Waals surface area (Å²) in [5, 5.41) is 49.7. The zero-order valence-electron chi connectivity index (χ0n) is 44.7. The Morgan fingerprint density at radius 3 is 1.28 bits per heavy atom. The summed E-state index contributed by atoms with van der Waals surface area (Å²) in [6, 6.07) is 23.3. The lowest BCUT2D eigenvalue weighted by molar-refractivity contribution is 0.0643. The lowest BCUT2D eigenvalue weighted by Crippen LogP contribution is -2.39. The van der Waals surface area contributed by atoms with E-state index in [1.807, 2.05) is 0 Å². The molecule has 24 heteroatoms. The van der Waals surface area contributed by atoms with E-state index in [9.17, 15) is 38.2 Å². The van der Waals surface area contributed by atoms with Gasteiger partial charge in [-0.1, -0.05) is 12.1 Å². The molecule has 0 radical (unpaired) electrons. The third-order valence-electron chi connectivity index (χ3n) is 13.3. The topological polar surface area (TPSA) is 270 Å². The van der Waals surface area contributed by atoms with E-state index in [4.69, 9.17) is 9.47 Å². The number of H-pyrrole nitrogens is 2. The molecule has 2 unspecified atom stereocenters. The predicted molar refractivity (Wildman–Crippen MR) is 295 cm³/mol. The van der Waals surface area contributed by atoms with E-state index in [0.717, 1.165) is 21.5 Å². The Balaban J connectivity index is 0.000000198. The van der Waals surface area contributed by atoms with Crippen LogP contribution in [-0.4, -0.2) is 95.0 Å². The minimum atomic E-state index is -1.04. The molecule has 0 amide bonds. The largest absolute Gasteiger partial charge is 0.453 e. The van der Waals surface area contributed by atoms with Gasteiger partial charge in [0.25, 0.3) is 11.1 Å². The number of Topliss-reactive ketones (excluding diaryl/α,β-unsaturated/α-hetero) is 2. The summed E-state index contributed by atoms with van der Waals surface area (Å²) in [6.45, 7) is 10.2. The number of aliphatic hydroxyl groups is 2. The van der Waals surface area contributed by atoms with Crippen LogP contribution < -0.4 is 31.2 Å². The quantitative estimate of drug-likeness (QED) is 0.0345. The van der Waals surface area contributed by atoms with Gasteiger partial charge in [0, 0.05) is 49.8 Å². The van der Waals surface area contributed by atoms with Gasteiger partial charge in [-0.05, 0) is 138 Å². The van der Waals surface area contributed by atoms with Crippen LogP contribution in [0.15, 0.2) is 144 Å². The van der Waals surface area contributed by atoms with Crippen molar-refractivity contribution in [3.8, 4) is 34.4 Å². The fourth-order valence-electron chi connectivity index (χ4n) is 8.04. The number of fused-ring (bicyclic) bond motifs is 2. The smallest absolute Gasteiger partial charge is 0.282 e. The van der Waals surface area contributed by atoms with E-state index in [1.54, 1.807) is 53.7 Å². The van der Waals surface area contributed by atoms with Gasteiger partial charge in [0.1, 0.15) is 33.9 Å². The van der Waals surface area contributed by atoms with E-state index in [2.05, 4.69) is 51.2 Å². The first-order valence-corrected chi connectivity index (χ1v) is 25.3. The van der Waals surface area contributed by atoms with Crippen molar-refractivity contribution >= 4 is 45.3 Å². The van der Waals surface area contributed by atoms with Crippen molar-refractivity contribution in [2.24, 2.45) is 0 Å². The van der Waals surface area contributed by atoms with Crippen LogP contribution in [-0.2, 0) is 12.8 Å². The van der Waals surface area contributed by atoms with Gasteiger partial charge in [-0.2, -0.15) is 29.8 Å². The number of nitrogens with zero attached hydrogens (tertiary/aromatic N) is 8. The van der Waals surface area contributed by atoms with Gasteiger partial charge in [-0.25, -0.2) is 27.5 Å². The Bertz CT molecular complexity index is 3850. The zero-order valence-corrected chi connectivity index (χ0v) is 44.7. The van der Waals surface area contributed by atoms with E-state index in [0.29, 0.717) is 56.2 Å². The van der Waals surface area contributed by atoms with Crippen LogP contribution in [0.25, 0.3) is 33.4 Å². The van der Waals surface area contributed by atoms with E-state index >= 15 is 8.78 Å². The number of carbonyl (C=O) groups excluding carboxylic acids is 2. The maximum Gasteiger partial charge on any atom is 0.282 e. The summed E-state index contributed by atoms with van der Waals surface area (Å²) >= 11 is 0. The molecule has 0 aliphatic heterocycles. The molecule has 20 nitrogen and oxygen atoms in total. The summed E-state index contributed by atoms with van der Waals surface area (Å²) < 4.78 is 70.6. The molecule has 0 bridgehead atoms. The normalized spacial score (nSPS) is 12.3. The summed E-state index contributed by atoms with van der Waals surface area (Å²) in [7, 11) is 0. The third kappa shape index (κ3) is 12.7. The zero-order chi connectivity index (χ0) is 58.6. The van der Waals surface area contributed by atoms with Crippen LogP contribution in [0.1, 0.15) is 73.4 Å². The lowest BCUT2D eigenvalue weighted by atomic mass is 10.0. The highest BCUT2D eigenvalue weighted by molar-refractivity contribution is 5.98. The summed E-state index contributed by atoms with van der Waals surface area (Å²) in [6.07, 6.45) is 5.07. The fraction of sp³-hybridized carbons (Fsp3) is 0.207. The van der Waals surface area contributed by atoms with Gasteiger partial charge in [-0.15, -0.1) is 0 Å². The molecule has 0 aliphatic rings. The minimum absolute atomic E-state index is 0.0982. The van der Waals surface area contributed by atoms with Crippen molar-refractivity contribution in [3.63, 3.8) is 0 Å². The second-order valence-electron chi connectivity index (χ2n) is 20.1. The van der Waals surface area contributed by atoms with Crippen LogP contribution in [0.5, 0.6) is 23.0 Å². The van der Waals surface area contributed by atoms with Crippen molar-refractivity contribution in [2.75, 3.05) is 10.6 Å². The summed E-state index contributed by atoms with van der Waals surface area (Å²) in [5.41, 5.74) is -1.64. The van der Waals surface area contributed by atoms with Crippen LogP contribution in [0.3, 0.4) is 0 Å². The van der Waals surface area contributed by atoms with Gasteiger partial charge >= 0.3 is 0 Å². The summed E-state index contributed by atoms with van der Waals surface area (Å²) in [5.74, 6) is -2.35. The molecule has 4 aromatic carbocycles. The maximum atomic E-state index is 15.1. The van der Waals surface area contributed by atoms with Crippen molar-refractivity contribution < 1.29 is 46.8 Å². The van der Waals surface area contributed by atoms with Gasteiger partial charge in [0.15, 0.2) is 57.6 Å². The maximum absolute atomic E-state index is 15.1. The first-order valence-electron chi connectivity index (χ1n) is 25.3. The average Bonchev–Trinajstić information content (AvgIpc) is 4.08. The molecule has 6 N–H and O–H groups in total. The predicted octanol–water partition coefficient (Wildman–Crippen LogP) is 9.14. The molecule has 6 aromatic heterocycles. The number of halogens is 4. The highest BCUT2D eigenvalue weighted by atomic mass is 19.1. The Morgan fingerprint density at radius 1 is 0.549 bits per heavy atom. The van der Waals surface area contributed by atoms with E-state index in [1.165, 1.54) is 110 Å². The minimum Gasteiger partial charge on any atom is -0.453 e. The Hall–Kier alpha value is -9.94. The number of ketones is 2. The molecule has 0 spiro atoms. The molecule has 0 saturated carbocycles. The number of aromatic amines is 2. The molecular weight excluding hydrogens is 1070 g/mol. The molecule has 2 atom stereocenters. The number of pyridine rings is 2. The molecule has 420 valence electrons. The molecule has 82 heavy (non-hydrogen) atoms. The van der Waals surface area contributed by atoms with Crippen LogP contribution in [0, 0.1) is 23.3 Å². The molecule has 0 saturated heterocycles. The van der Waals surface area contributed by atoms with Crippen molar-refractivity contribution in [3.05, 3.63) is 200 Å². The average molecular weight is 1120 g/mol. The Morgan fingerprint density at radius 2 is 0.927 bits per heavy atom. The number of nitrogens with one attached hydrogen (secondary N) is 4. The first-order chi connectivity index (χ1) is 39.0. The molecule has 0 aliphatic carbocycles. The van der Waals surface area contributed by atoms with Gasteiger partial charge in [-0.3, -0.25) is 29.4 Å². The van der Waals surface area contributed by atoms with Gasteiger partial charge in [0.05, 0.1) is 45.8 Å². The number of ether oxygens (including phenoxy) is 2. The molecule has 6 heterocycles. The first kappa shape index (κ1) is 56.8.